The zero-order valence-electron chi connectivity index (χ0n) is 9.38. The molecule has 0 aromatic heterocycles. The van der Waals surface area contributed by atoms with Gasteiger partial charge in [-0.2, -0.15) is 0 Å². The van der Waals surface area contributed by atoms with Crippen LogP contribution in [0.25, 0.3) is 0 Å². The normalized spacial score (nSPS) is 10.8. The molecule has 0 aliphatic carbocycles. The molecule has 0 fully saturated rings. The van der Waals surface area contributed by atoms with Crippen molar-refractivity contribution in [1.29, 1.82) is 0 Å². The zero-order valence-corrected chi connectivity index (χ0v) is 10.2. The van der Waals surface area contributed by atoms with Crippen molar-refractivity contribution in [2.45, 2.75) is 32.6 Å². The Morgan fingerprint density at radius 3 is 2.53 bits per heavy atom. The Morgan fingerprint density at radius 2 is 2.00 bits per heavy atom. The molecule has 15 heavy (non-hydrogen) atoms. The summed E-state index contributed by atoms with van der Waals surface area (Å²) in [7, 11) is 1.90. The van der Waals surface area contributed by atoms with Gasteiger partial charge in [0, 0.05) is 13.6 Å². The standard InChI is InChI=1S/C11H18N2OS/c1-3-4-5-6-7-13(2)9-8(12)11(15)10(9)14/h3-7,12H2,1-2H3. The van der Waals surface area contributed by atoms with Crippen molar-refractivity contribution in [3.8, 4) is 0 Å². The number of nitrogens with zero attached hydrogens (tertiary/aromatic N) is 1. The summed E-state index contributed by atoms with van der Waals surface area (Å²) in [6.45, 7) is 3.06. The van der Waals surface area contributed by atoms with Crippen molar-refractivity contribution < 1.29 is 0 Å². The van der Waals surface area contributed by atoms with Crippen molar-refractivity contribution >= 4 is 23.6 Å². The Hall–Kier alpha value is -0.900. The Morgan fingerprint density at radius 1 is 1.33 bits per heavy atom. The first-order valence-electron chi connectivity index (χ1n) is 5.39. The molecule has 0 saturated carbocycles. The minimum absolute atomic E-state index is 0.0690. The third kappa shape index (κ3) is 2.56. The van der Waals surface area contributed by atoms with Crippen molar-refractivity contribution in [2.24, 2.45) is 0 Å². The molecule has 0 amide bonds. The third-order valence-electron chi connectivity index (χ3n) is 2.65. The fourth-order valence-corrected chi connectivity index (χ4v) is 1.86. The van der Waals surface area contributed by atoms with Gasteiger partial charge in [-0.05, 0) is 6.42 Å². The smallest absolute Gasteiger partial charge is 0.224 e. The molecule has 1 rings (SSSR count). The minimum Gasteiger partial charge on any atom is -0.396 e. The van der Waals surface area contributed by atoms with E-state index in [1.807, 2.05) is 11.9 Å². The topological polar surface area (TPSA) is 46.3 Å². The summed E-state index contributed by atoms with van der Waals surface area (Å²) < 4.78 is 0.297. The van der Waals surface area contributed by atoms with E-state index in [0.717, 1.165) is 13.0 Å². The van der Waals surface area contributed by atoms with Gasteiger partial charge in [-0.3, -0.25) is 4.79 Å². The lowest BCUT2D eigenvalue weighted by Crippen LogP contribution is -2.30. The molecule has 1 aromatic carbocycles. The van der Waals surface area contributed by atoms with Gasteiger partial charge in [0.05, 0.1) is 5.69 Å². The van der Waals surface area contributed by atoms with Crippen LogP contribution < -0.4 is 16.1 Å². The number of hydrogen-bond donors (Lipinski definition) is 1. The molecule has 0 bridgehead atoms. The number of anilines is 2. The predicted molar refractivity (Wildman–Crippen MR) is 67.7 cm³/mol. The number of unbranched alkanes of at least 4 members (excludes halogenated alkanes) is 3. The predicted octanol–water partition coefficient (Wildman–Crippen LogP) is 2.25. The third-order valence-corrected chi connectivity index (χ3v) is 3.06. The van der Waals surface area contributed by atoms with E-state index in [-0.39, 0.29) is 5.43 Å². The summed E-state index contributed by atoms with van der Waals surface area (Å²) in [4.78, 5) is 13.3. The second-order valence-corrected chi connectivity index (χ2v) is 4.31. The fourth-order valence-electron chi connectivity index (χ4n) is 1.66. The maximum absolute atomic E-state index is 11.4. The van der Waals surface area contributed by atoms with Crippen LogP contribution in [0.5, 0.6) is 0 Å². The average Bonchev–Trinajstić information content (AvgIpc) is 2.24. The maximum atomic E-state index is 11.4. The van der Waals surface area contributed by atoms with Crippen LogP contribution in [-0.4, -0.2) is 13.6 Å². The number of nitrogen functional groups attached to an aromatic ring is 1. The average molecular weight is 226 g/mol. The molecule has 0 unspecified atom stereocenters. The summed E-state index contributed by atoms with van der Waals surface area (Å²) in [5, 5.41) is 0. The molecule has 0 heterocycles. The van der Waals surface area contributed by atoms with Gasteiger partial charge >= 0.3 is 0 Å². The molecule has 0 aliphatic rings. The van der Waals surface area contributed by atoms with Crippen LogP contribution in [0.3, 0.4) is 0 Å². The molecule has 0 aliphatic heterocycles. The highest BCUT2D eigenvalue weighted by Crippen LogP contribution is 2.22. The largest absolute Gasteiger partial charge is 0.396 e. The molecule has 0 atom stereocenters. The summed E-state index contributed by atoms with van der Waals surface area (Å²) >= 11 is 4.82. The van der Waals surface area contributed by atoms with Crippen LogP contribution in [-0.2, 0) is 0 Å². The van der Waals surface area contributed by atoms with Crippen LogP contribution in [0.15, 0.2) is 4.79 Å². The van der Waals surface area contributed by atoms with E-state index < -0.39 is 0 Å². The van der Waals surface area contributed by atoms with Gasteiger partial charge in [0.25, 0.3) is 0 Å². The van der Waals surface area contributed by atoms with Gasteiger partial charge in [-0.15, -0.1) is 0 Å². The molecule has 4 heteroatoms. The summed E-state index contributed by atoms with van der Waals surface area (Å²) in [5.74, 6) is 0. The van der Waals surface area contributed by atoms with E-state index in [2.05, 4.69) is 6.92 Å². The van der Waals surface area contributed by atoms with Gasteiger partial charge in [0.2, 0.25) is 5.43 Å². The Balaban J connectivity index is 2.45. The van der Waals surface area contributed by atoms with E-state index in [1.54, 1.807) is 0 Å². The number of rotatable bonds is 6. The first kappa shape index (κ1) is 12.2. The number of nitrogens with two attached hydrogens (primary N) is 1. The minimum atomic E-state index is -0.0690. The van der Waals surface area contributed by atoms with Crippen LogP contribution >= 0.6 is 12.2 Å². The Labute approximate surface area is 95.6 Å². The van der Waals surface area contributed by atoms with Gasteiger partial charge in [-0.25, -0.2) is 0 Å². The van der Waals surface area contributed by atoms with Gasteiger partial charge in [-0.1, -0.05) is 38.4 Å². The lowest BCUT2D eigenvalue weighted by Gasteiger charge is -2.22. The first-order valence-corrected chi connectivity index (χ1v) is 5.80. The second-order valence-electron chi connectivity index (χ2n) is 3.90. The summed E-state index contributed by atoms with van der Waals surface area (Å²) in [6.07, 6.45) is 4.76. The molecular weight excluding hydrogens is 208 g/mol. The molecule has 84 valence electrons. The molecule has 0 spiro atoms. The second kappa shape index (κ2) is 5.26. The maximum Gasteiger partial charge on any atom is 0.224 e. The highest BCUT2D eigenvalue weighted by Gasteiger charge is 2.17. The lowest BCUT2D eigenvalue weighted by molar-refractivity contribution is 0.660. The van der Waals surface area contributed by atoms with E-state index in [4.69, 9.17) is 18.0 Å². The SMILES string of the molecule is CCCCCCN(C)c1c(N)c(=S)c1=O. The van der Waals surface area contributed by atoms with Crippen LogP contribution in [0, 0.1) is 4.51 Å². The quantitative estimate of drug-likeness (QED) is 0.597. The van der Waals surface area contributed by atoms with Crippen molar-refractivity contribution in [3.63, 3.8) is 0 Å². The van der Waals surface area contributed by atoms with E-state index in [9.17, 15) is 4.79 Å². The van der Waals surface area contributed by atoms with Crippen molar-refractivity contribution in [3.05, 3.63) is 14.7 Å². The van der Waals surface area contributed by atoms with E-state index >= 15 is 0 Å². The monoisotopic (exact) mass is 226 g/mol. The van der Waals surface area contributed by atoms with E-state index in [1.165, 1.54) is 19.3 Å². The fraction of sp³-hybridized carbons (Fsp3) is 0.636. The summed E-state index contributed by atoms with van der Waals surface area (Å²) in [6, 6.07) is 0. The molecule has 1 aromatic rings. The lowest BCUT2D eigenvalue weighted by atomic mass is 10.1. The summed E-state index contributed by atoms with van der Waals surface area (Å²) in [5.41, 5.74) is 6.70. The Bertz CT molecular complexity index is 393. The first-order chi connectivity index (χ1) is 7.09. The molecule has 0 radical (unpaired) electrons. The van der Waals surface area contributed by atoms with Gasteiger partial charge in [0.15, 0.2) is 0 Å². The van der Waals surface area contributed by atoms with E-state index in [0.29, 0.717) is 15.9 Å². The van der Waals surface area contributed by atoms with Gasteiger partial charge in [0.1, 0.15) is 10.2 Å². The highest BCUT2D eigenvalue weighted by molar-refractivity contribution is 7.71. The van der Waals surface area contributed by atoms with Gasteiger partial charge < -0.3 is 10.6 Å². The van der Waals surface area contributed by atoms with Crippen LogP contribution in [0.1, 0.15) is 32.6 Å². The van der Waals surface area contributed by atoms with Crippen LogP contribution in [0.2, 0.25) is 0 Å². The zero-order chi connectivity index (χ0) is 11.4. The molecular formula is C11H18N2OS. The molecule has 3 nitrogen and oxygen atoms in total. The Kier molecular flexibility index (Phi) is 4.27. The molecule has 0 saturated heterocycles. The number of hydrogen-bond acceptors (Lipinski definition) is 4. The van der Waals surface area contributed by atoms with Crippen LogP contribution in [0.4, 0.5) is 11.4 Å². The van der Waals surface area contributed by atoms with Crippen molar-refractivity contribution in [1.82, 2.24) is 0 Å². The highest BCUT2D eigenvalue weighted by atomic mass is 32.1. The van der Waals surface area contributed by atoms with Crippen molar-refractivity contribution in [2.75, 3.05) is 24.2 Å². The molecule has 2 N–H and O–H groups in total.